The number of rotatable bonds is 5. The van der Waals surface area contributed by atoms with E-state index in [1.807, 2.05) is 23.9 Å². The van der Waals surface area contributed by atoms with Crippen LogP contribution in [-0.2, 0) is 6.54 Å². The Balaban J connectivity index is 1.60. The Kier molecular flexibility index (Phi) is 4.51. The summed E-state index contributed by atoms with van der Waals surface area (Å²) < 4.78 is 5.20. The Morgan fingerprint density at radius 2 is 1.90 bits per heavy atom. The van der Waals surface area contributed by atoms with E-state index in [1.54, 1.807) is 7.11 Å². The normalized spacial score (nSPS) is 17.0. The van der Waals surface area contributed by atoms with Gasteiger partial charge in [0, 0.05) is 29.7 Å². The molecule has 0 saturated carbocycles. The number of ether oxygens (including phenoxy) is 1. The van der Waals surface area contributed by atoms with Gasteiger partial charge in [0.2, 0.25) is 0 Å². The number of hydrogen-bond donors (Lipinski definition) is 0. The van der Waals surface area contributed by atoms with Crippen molar-refractivity contribution >= 4 is 11.8 Å². The van der Waals surface area contributed by atoms with E-state index in [-0.39, 0.29) is 0 Å². The first-order chi connectivity index (χ1) is 10.3. The number of thioether (sulfide) groups is 1. The van der Waals surface area contributed by atoms with Crippen LogP contribution in [0.15, 0.2) is 53.4 Å². The van der Waals surface area contributed by atoms with E-state index in [0.717, 1.165) is 18.8 Å². The zero-order valence-corrected chi connectivity index (χ0v) is 13.4. The van der Waals surface area contributed by atoms with Gasteiger partial charge in [0.1, 0.15) is 5.75 Å². The van der Waals surface area contributed by atoms with Crippen molar-refractivity contribution in [3.8, 4) is 5.75 Å². The van der Waals surface area contributed by atoms with E-state index in [1.165, 1.54) is 21.8 Å². The van der Waals surface area contributed by atoms with E-state index < -0.39 is 0 Å². The summed E-state index contributed by atoms with van der Waals surface area (Å²) in [5.74, 6) is 2.77. The van der Waals surface area contributed by atoms with Crippen molar-refractivity contribution in [2.24, 2.45) is 0 Å². The van der Waals surface area contributed by atoms with Crippen LogP contribution in [0.4, 0.5) is 0 Å². The maximum atomic E-state index is 5.20. The molecule has 0 N–H and O–H groups in total. The Morgan fingerprint density at radius 1 is 1.14 bits per heavy atom. The lowest BCUT2D eigenvalue weighted by Crippen LogP contribution is -2.24. The van der Waals surface area contributed by atoms with Crippen LogP contribution in [-0.4, -0.2) is 31.4 Å². The summed E-state index contributed by atoms with van der Waals surface area (Å²) >= 11 is 1.99. The lowest BCUT2D eigenvalue weighted by atomic mass is 10.0. The smallest absolute Gasteiger partial charge is 0.118 e. The van der Waals surface area contributed by atoms with Crippen LogP contribution in [0.5, 0.6) is 5.75 Å². The van der Waals surface area contributed by atoms with Gasteiger partial charge in [-0.1, -0.05) is 30.3 Å². The predicted octanol–water partition coefficient (Wildman–Crippen LogP) is 4.02. The zero-order chi connectivity index (χ0) is 14.7. The molecular weight excluding hydrogens is 278 g/mol. The van der Waals surface area contributed by atoms with Crippen LogP contribution in [0.25, 0.3) is 0 Å². The second-order valence-corrected chi connectivity index (χ2v) is 6.65. The van der Waals surface area contributed by atoms with E-state index in [2.05, 4.69) is 48.3 Å². The number of methoxy groups -OCH3 is 1. The molecule has 1 atom stereocenters. The Hall–Kier alpha value is -1.45. The molecule has 3 heteroatoms. The van der Waals surface area contributed by atoms with Crippen molar-refractivity contribution in [3.05, 3.63) is 59.7 Å². The summed E-state index contributed by atoms with van der Waals surface area (Å²) in [6.45, 7) is 2.09. The van der Waals surface area contributed by atoms with Gasteiger partial charge in [-0.05, 0) is 36.4 Å². The predicted molar refractivity (Wildman–Crippen MR) is 89.2 cm³/mol. The summed E-state index contributed by atoms with van der Waals surface area (Å²) in [6.07, 6.45) is 0. The summed E-state index contributed by atoms with van der Waals surface area (Å²) in [5.41, 5.74) is 2.85. The second kappa shape index (κ2) is 6.54. The van der Waals surface area contributed by atoms with E-state index >= 15 is 0 Å². The largest absolute Gasteiger partial charge is 0.497 e. The molecule has 1 unspecified atom stereocenters. The molecule has 1 aliphatic rings. The lowest BCUT2D eigenvalue weighted by molar-refractivity contribution is 0.311. The number of likely N-dealkylation sites (N-methyl/N-ethyl adjacent to an activating group) is 1. The van der Waals surface area contributed by atoms with Gasteiger partial charge in [0.05, 0.1) is 7.11 Å². The molecule has 1 heterocycles. The van der Waals surface area contributed by atoms with Crippen molar-refractivity contribution in [1.82, 2.24) is 4.90 Å². The monoisotopic (exact) mass is 299 g/mol. The van der Waals surface area contributed by atoms with E-state index in [0.29, 0.717) is 5.92 Å². The molecule has 0 saturated heterocycles. The van der Waals surface area contributed by atoms with Gasteiger partial charge in [-0.2, -0.15) is 0 Å². The standard InChI is InChI=1S/C18H21NOS/c1-19(11-14-7-9-16(20-2)10-8-14)12-15-13-21-18-6-4-3-5-17(15)18/h3-10,15H,11-13H2,1-2H3. The van der Waals surface area contributed by atoms with Crippen LogP contribution < -0.4 is 4.74 Å². The minimum absolute atomic E-state index is 0.648. The molecule has 0 aromatic heterocycles. The number of hydrogen-bond acceptors (Lipinski definition) is 3. The van der Waals surface area contributed by atoms with Gasteiger partial charge < -0.3 is 9.64 Å². The molecule has 2 aromatic carbocycles. The maximum absolute atomic E-state index is 5.20. The van der Waals surface area contributed by atoms with Gasteiger partial charge in [-0.15, -0.1) is 11.8 Å². The summed E-state index contributed by atoms with van der Waals surface area (Å²) in [4.78, 5) is 3.87. The van der Waals surface area contributed by atoms with Gasteiger partial charge in [-0.25, -0.2) is 0 Å². The minimum atomic E-state index is 0.648. The molecule has 0 bridgehead atoms. The molecule has 2 aromatic rings. The van der Waals surface area contributed by atoms with Crippen molar-refractivity contribution in [1.29, 1.82) is 0 Å². The molecule has 110 valence electrons. The second-order valence-electron chi connectivity index (χ2n) is 5.59. The fraction of sp³-hybridized carbons (Fsp3) is 0.333. The minimum Gasteiger partial charge on any atom is -0.497 e. The molecule has 1 aliphatic heterocycles. The molecule has 0 spiro atoms. The molecule has 0 amide bonds. The summed E-state index contributed by atoms with van der Waals surface area (Å²) in [6, 6.07) is 17.2. The van der Waals surface area contributed by atoms with E-state index in [4.69, 9.17) is 4.74 Å². The third-order valence-corrected chi connectivity index (χ3v) is 5.19. The third-order valence-electron chi connectivity index (χ3n) is 3.94. The van der Waals surface area contributed by atoms with Crippen LogP contribution in [0, 0.1) is 0 Å². The summed E-state index contributed by atoms with van der Waals surface area (Å²) in [5, 5.41) is 0. The topological polar surface area (TPSA) is 12.5 Å². The Labute approximate surface area is 131 Å². The highest BCUT2D eigenvalue weighted by Crippen LogP contribution is 2.39. The Bertz CT molecular complexity index is 596. The highest BCUT2D eigenvalue weighted by atomic mass is 32.2. The van der Waals surface area contributed by atoms with Gasteiger partial charge in [-0.3, -0.25) is 0 Å². The van der Waals surface area contributed by atoms with Crippen molar-refractivity contribution in [2.75, 3.05) is 26.5 Å². The van der Waals surface area contributed by atoms with Gasteiger partial charge >= 0.3 is 0 Å². The average molecular weight is 299 g/mol. The summed E-state index contributed by atoms with van der Waals surface area (Å²) in [7, 11) is 3.91. The fourth-order valence-electron chi connectivity index (χ4n) is 2.86. The van der Waals surface area contributed by atoms with Crippen LogP contribution in [0.1, 0.15) is 17.0 Å². The number of fused-ring (bicyclic) bond motifs is 1. The Morgan fingerprint density at radius 3 is 2.67 bits per heavy atom. The number of benzene rings is 2. The number of nitrogens with zero attached hydrogens (tertiary/aromatic N) is 1. The van der Waals surface area contributed by atoms with Crippen molar-refractivity contribution < 1.29 is 4.74 Å². The SMILES string of the molecule is COc1ccc(CN(C)CC2CSc3ccccc32)cc1. The molecule has 0 radical (unpaired) electrons. The molecular formula is C18H21NOS. The van der Waals surface area contributed by atoms with Gasteiger partial charge in [0.15, 0.2) is 0 Å². The highest BCUT2D eigenvalue weighted by molar-refractivity contribution is 7.99. The zero-order valence-electron chi connectivity index (χ0n) is 12.6. The van der Waals surface area contributed by atoms with Crippen LogP contribution in [0.2, 0.25) is 0 Å². The quantitative estimate of drug-likeness (QED) is 0.827. The molecule has 21 heavy (non-hydrogen) atoms. The first-order valence-corrected chi connectivity index (χ1v) is 8.28. The molecule has 3 rings (SSSR count). The van der Waals surface area contributed by atoms with Crippen LogP contribution >= 0.6 is 11.8 Å². The fourth-order valence-corrected chi connectivity index (χ4v) is 4.11. The molecule has 2 nitrogen and oxygen atoms in total. The lowest BCUT2D eigenvalue weighted by Gasteiger charge is -2.21. The maximum Gasteiger partial charge on any atom is 0.118 e. The van der Waals surface area contributed by atoms with Crippen LogP contribution in [0.3, 0.4) is 0 Å². The van der Waals surface area contributed by atoms with Gasteiger partial charge in [0.25, 0.3) is 0 Å². The third kappa shape index (κ3) is 3.42. The average Bonchev–Trinajstić information content (AvgIpc) is 2.91. The first-order valence-electron chi connectivity index (χ1n) is 7.29. The molecule has 0 fully saturated rings. The first kappa shape index (κ1) is 14.5. The molecule has 0 aliphatic carbocycles. The van der Waals surface area contributed by atoms with Crippen molar-refractivity contribution in [2.45, 2.75) is 17.4 Å². The van der Waals surface area contributed by atoms with Crippen molar-refractivity contribution in [3.63, 3.8) is 0 Å². The van der Waals surface area contributed by atoms with E-state index in [9.17, 15) is 0 Å². The highest BCUT2D eigenvalue weighted by Gasteiger charge is 2.23.